The zero-order valence-electron chi connectivity index (χ0n) is 13.1. The lowest BCUT2D eigenvalue weighted by molar-refractivity contribution is 0.198. The van der Waals surface area contributed by atoms with Gasteiger partial charge in [-0.05, 0) is 36.6 Å². The molecule has 1 atom stereocenters. The number of urea groups is 1. The Morgan fingerprint density at radius 3 is 2.81 bits per heavy atom. The van der Waals surface area contributed by atoms with E-state index < -0.39 is 0 Å². The molecule has 116 valence electrons. The smallest absolute Gasteiger partial charge is 0.317 e. The summed E-state index contributed by atoms with van der Waals surface area (Å²) in [6.07, 6.45) is 0.889. The number of carbonyl (C=O) groups excluding carboxylic acids is 1. The second-order valence-corrected chi connectivity index (χ2v) is 5.95. The maximum absolute atomic E-state index is 12.1. The molecule has 0 spiro atoms. The second-order valence-electron chi connectivity index (χ2n) is 5.95. The summed E-state index contributed by atoms with van der Waals surface area (Å²) in [4.78, 5) is 15.9. The first-order chi connectivity index (χ1) is 10.0. The van der Waals surface area contributed by atoms with Crippen molar-refractivity contribution >= 4 is 11.7 Å². The van der Waals surface area contributed by atoms with E-state index in [0.29, 0.717) is 13.1 Å². The van der Waals surface area contributed by atoms with Gasteiger partial charge in [0.1, 0.15) is 0 Å². The molecule has 1 saturated heterocycles. The Labute approximate surface area is 126 Å². The van der Waals surface area contributed by atoms with E-state index in [1.165, 1.54) is 5.56 Å². The van der Waals surface area contributed by atoms with Gasteiger partial charge >= 0.3 is 6.03 Å². The molecule has 5 heteroatoms. The number of hydrogen-bond donors (Lipinski definition) is 2. The number of aliphatic hydroxyl groups is 1. The Kier molecular flexibility index (Phi) is 5.07. The molecule has 5 nitrogen and oxygen atoms in total. The third-order valence-electron chi connectivity index (χ3n) is 4.10. The van der Waals surface area contributed by atoms with Crippen molar-refractivity contribution in [3.8, 4) is 0 Å². The van der Waals surface area contributed by atoms with Gasteiger partial charge in [0.15, 0.2) is 0 Å². The number of likely N-dealkylation sites (tertiary alicyclic amines) is 1. The summed E-state index contributed by atoms with van der Waals surface area (Å²) in [6.45, 7) is 4.15. The van der Waals surface area contributed by atoms with Crippen molar-refractivity contribution in [1.29, 1.82) is 0 Å². The molecule has 1 aromatic carbocycles. The van der Waals surface area contributed by atoms with Crippen molar-refractivity contribution in [1.82, 2.24) is 10.2 Å². The van der Waals surface area contributed by atoms with Gasteiger partial charge in [-0.2, -0.15) is 0 Å². The number of amides is 2. The van der Waals surface area contributed by atoms with Crippen LogP contribution in [0.4, 0.5) is 10.5 Å². The Balaban J connectivity index is 1.90. The molecule has 1 unspecified atom stereocenters. The lowest BCUT2D eigenvalue weighted by Gasteiger charge is -2.18. The van der Waals surface area contributed by atoms with Crippen LogP contribution in [0.15, 0.2) is 18.2 Å². The van der Waals surface area contributed by atoms with E-state index >= 15 is 0 Å². The molecule has 0 saturated carbocycles. The highest BCUT2D eigenvalue weighted by Crippen LogP contribution is 2.18. The minimum atomic E-state index is -0.0398. The third-order valence-corrected chi connectivity index (χ3v) is 4.10. The summed E-state index contributed by atoms with van der Waals surface area (Å²) in [6, 6.07) is 6.21. The molecule has 0 aliphatic carbocycles. The molecule has 2 rings (SSSR count). The number of carbonyl (C=O) groups is 1. The van der Waals surface area contributed by atoms with Crippen LogP contribution in [0.5, 0.6) is 0 Å². The van der Waals surface area contributed by atoms with Gasteiger partial charge in [-0.25, -0.2) is 4.79 Å². The predicted octanol–water partition coefficient (Wildman–Crippen LogP) is 1.58. The van der Waals surface area contributed by atoms with Crippen molar-refractivity contribution in [2.24, 2.45) is 5.92 Å². The Morgan fingerprint density at radius 1 is 1.48 bits per heavy atom. The number of rotatable bonds is 4. The summed E-state index contributed by atoms with van der Waals surface area (Å²) in [5, 5.41) is 12.1. The summed E-state index contributed by atoms with van der Waals surface area (Å²) in [7, 11) is 4.03. The van der Waals surface area contributed by atoms with Crippen LogP contribution in [0.2, 0.25) is 0 Å². The molecule has 0 bridgehead atoms. The molecule has 2 N–H and O–H groups in total. The normalized spacial score (nSPS) is 17.9. The molecular formula is C16H25N3O2. The van der Waals surface area contributed by atoms with Gasteiger partial charge in [-0.1, -0.05) is 6.07 Å². The molecule has 1 fully saturated rings. The van der Waals surface area contributed by atoms with Crippen molar-refractivity contribution < 1.29 is 9.90 Å². The average molecular weight is 291 g/mol. The minimum absolute atomic E-state index is 0.0398. The van der Waals surface area contributed by atoms with Crippen molar-refractivity contribution in [3.05, 3.63) is 29.3 Å². The first-order valence-corrected chi connectivity index (χ1v) is 7.41. The van der Waals surface area contributed by atoms with Crippen LogP contribution in [0, 0.1) is 12.8 Å². The number of aryl methyl sites for hydroxylation is 1. The SMILES string of the molecule is Cc1cc(N(C)C)ccc1CNC(=O)N1CCC(CO)C1. The van der Waals surface area contributed by atoms with Crippen molar-refractivity contribution in [2.45, 2.75) is 19.9 Å². The first kappa shape index (κ1) is 15.6. The number of nitrogens with zero attached hydrogens (tertiary/aromatic N) is 2. The zero-order valence-corrected chi connectivity index (χ0v) is 13.1. The maximum Gasteiger partial charge on any atom is 0.317 e. The lowest BCUT2D eigenvalue weighted by Crippen LogP contribution is -2.38. The summed E-state index contributed by atoms with van der Waals surface area (Å²) >= 11 is 0. The first-order valence-electron chi connectivity index (χ1n) is 7.41. The molecule has 0 aromatic heterocycles. The van der Waals surface area contributed by atoms with Gasteiger partial charge in [0.05, 0.1) is 0 Å². The van der Waals surface area contributed by atoms with Crippen LogP contribution in [0.1, 0.15) is 17.5 Å². The van der Waals surface area contributed by atoms with E-state index in [-0.39, 0.29) is 18.6 Å². The van der Waals surface area contributed by atoms with Crippen LogP contribution in [-0.4, -0.2) is 49.8 Å². The fourth-order valence-corrected chi connectivity index (χ4v) is 2.61. The molecule has 1 aliphatic heterocycles. The van der Waals surface area contributed by atoms with Crippen LogP contribution >= 0.6 is 0 Å². The Bertz CT molecular complexity index is 502. The molecule has 1 heterocycles. The summed E-state index contributed by atoms with van der Waals surface area (Å²) < 4.78 is 0. The zero-order chi connectivity index (χ0) is 15.4. The highest BCUT2D eigenvalue weighted by molar-refractivity contribution is 5.74. The second kappa shape index (κ2) is 6.80. The van der Waals surface area contributed by atoms with E-state index in [0.717, 1.165) is 24.2 Å². The number of hydrogen-bond acceptors (Lipinski definition) is 3. The lowest BCUT2D eigenvalue weighted by atomic mass is 10.1. The van der Waals surface area contributed by atoms with Gasteiger partial charge in [0, 0.05) is 51.9 Å². The van der Waals surface area contributed by atoms with Crippen LogP contribution in [0.3, 0.4) is 0 Å². The van der Waals surface area contributed by atoms with Crippen LogP contribution < -0.4 is 10.2 Å². The molecule has 1 aromatic rings. The molecule has 2 amide bonds. The van der Waals surface area contributed by atoms with E-state index in [1.54, 1.807) is 4.90 Å². The third kappa shape index (κ3) is 3.88. The van der Waals surface area contributed by atoms with Gasteiger partial charge < -0.3 is 20.2 Å². The van der Waals surface area contributed by atoms with E-state index in [2.05, 4.69) is 35.3 Å². The minimum Gasteiger partial charge on any atom is -0.396 e. The van der Waals surface area contributed by atoms with Crippen molar-refractivity contribution in [3.63, 3.8) is 0 Å². The molecule has 0 radical (unpaired) electrons. The van der Waals surface area contributed by atoms with Crippen LogP contribution in [0.25, 0.3) is 0 Å². The highest BCUT2D eigenvalue weighted by Gasteiger charge is 2.25. The van der Waals surface area contributed by atoms with Crippen LogP contribution in [-0.2, 0) is 6.54 Å². The number of nitrogens with one attached hydrogen (secondary N) is 1. The largest absolute Gasteiger partial charge is 0.396 e. The quantitative estimate of drug-likeness (QED) is 0.885. The Hall–Kier alpha value is -1.75. The van der Waals surface area contributed by atoms with Gasteiger partial charge in [0.25, 0.3) is 0 Å². The van der Waals surface area contributed by atoms with E-state index in [4.69, 9.17) is 5.11 Å². The van der Waals surface area contributed by atoms with E-state index in [1.807, 2.05) is 14.1 Å². The number of anilines is 1. The van der Waals surface area contributed by atoms with Gasteiger partial charge in [-0.3, -0.25) is 0 Å². The summed E-state index contributed by atoms with van der Waals surface area (Å²) in [5.74, 6) is 0.233. The molecule has 21 heavy (non-hydrogen) atoms. The molecular weight excluding hydrogens is 266 g/mol. The topological polar surface area (TPSA) is 55.8 Å². The van der Waals surface area contributed by atoms with Gasteiger partial charge in [-0.15, -0.1) is 0 Å². The fourth-order valence-electron chi connectivity index (χ4n) is 2.61. The van der Waals surface area contributed by atoms with E-state index in [9.17, 15) is 4.79 Å². The summed E-state index contributed by atoms with van der Waals surface area (Å²) in [5.41, 5.74) is 3.47. The van der Waals surface area contributed by atoms with Gasteiger partial charge in [0.2, 0.25) is 0 Å². The number of benzene rings is 1. The highest BCUT2D eigenvalue weighted by atomic mass is 16.3. The standard InChI is InChI=1S/C16H25N3O2/c1-12-8-15(18(2)3)5-4-14(12)9-17-16(21)19-7-6-13(10-19)11-20/h4-5,8,13,20H,6-7,9-11H2,1-3H3,(H,17,21). The predicted molar refractivity (Wildman–Crippen MR) is 84.5 cm³/mol. The average Bonchev–Trinajstić information content (AvgIpc) is 2.94. The maximum atomic E-state index is 12.1. The molecule has 1 aliphatic rings. The monoisotopic (exact) mass is 291 g/mol. The fraction of sp³-hybridized carbons (Fsp3) is 0.562. The Morgan fingerprint density at radius 2 is 2.24 bits per heavy atom. The number of aliphatic hydroxyl groups excluding tert-OH is 1. The van der Waals surface area contributed by atoms with Crippen molar-refractivity contribution in [2.75, 3.05) is 38.7 Å².